The maximum atomic E-state index is 12.9. The van der Waals surface area contributed by atoms with Gasteiger partial charge in [0.2, 0.25) is 5.91 Å². The summed E-state index contributed by atoms with van der Waals surface area (Å²) in [6.07, 6.45) is 0.503. The minimum absolute atomic E-state index is 0.133. The van der Waals surface area contributed by atoms with E-state index in [1.165, 1.54) is 0 Å². The Labute approximate surface area is 165 Å². The van der Waals surface area contributed by atoms with Crippen molar-refractivity contribution in [1.82, 2.24) is 10.2 Å². The average Bonchev–Trinajstić information content (AvgIpc) is 2.68. The van der Waals surface area contributed by atoms with Crippen LogP contribution in [0.5, 0.6) is 5.75 Å². The highest BCUT2D eigenvalue weighted by atomic mass is 35.5. The van der Waals surface area contributed by atoms with Gasteiger partial charge in [-0.2, -0.15) is 0 Å². The summed E-state index contributed by atoms with van der Waals surface area (Å²) in [5.74, 6) is 0.213. The normalized spacial score (nSPS) is 11.6. The van der Waals surface area contributed by atoms with Crippen molar-refractivity contribution < 1.29 is 14.3 Å². The molecule has 0 aliphatic rings. The number of nitrogens with one attached hydrogen (secondary N) is 1. The van der Waals surface area contributed by atoms with Crippen LogP contribution in [-0.4, -0.2) is 36.4 Å². The van der Waals surface area contributed by atoms with Crippen molar-refractivity contribution in [2.75, 3.05) is 13.7 Å². The molecule has 2 aromatic rings. The number of benzene rings is 2. The van der Waals surface area contributed by atoms with E-state index >= 15 is 0 Å². The molecule has 0 saturated heterocycles. The minimum atomic E-state index is -0.571. The van der Waals surface area contributed by atoms with Crippen molar-refractivity contribution in [2.45, 2.75) is 32.9 Å². The van der Waals surface area contributed by atoms with Crippen LogP contribution in [0, 0.1) is 6.92 Å². The lowest BCUT2D eigenvalue weighted by molar-refractivity contribution is -0.142. The van der Waals surface area contributed by atoms with Crippen LogP contribution < -0.4 is 10.1 Å². The quantitative estimate of drug-likeness (QED) is 0.751. The van der Waals surface area contributed by atoms with Gasteiger partial charge in [0.25, 0.3) is 5.91 Å². The second-order valence-electron chi connectivity index (χ2n) is 6.24. The van der Waals surface area contributed by atoms with Crippen molar-refractivity contribution in [3.8, 4) is 5.75 Å². The number of ether oxygens (including phenoxy) is 1. The minimum Gasteiger partial charge on any atom is -0.484 e. The number of likely N-dealkylation sites (N-methyl/N-ethyl adjacent to an activating group) is 1. The Morgan fingerprint density at radius 2 is 1.81 bits per heavy atom. The molecule has 2 amide bonds. The zero-order valence-electron chi connectivity index (χ0n) is 15.9. The number of carbonyl (C=O) groups excluding carboxylic acids is 2. The molecule has 0 heterocycles. The van der Waals surface area contributed by atoms with Gasteiger partial charge >= 0.3 is 0 Å². The maximum absolute atomic E-state index is 12.9. The summed E-state index contributed by atoms with van der Waals surface area (Å²) in [7, 11) is 1.57. The van der Waals surface area contributed by atoms with E-state index < -0.39 is 6.04 Å². The van der Waals surface area contributed by atoms with Gasteiger partial charge in [-0.3, -0.25) is 9.59 Å². The fraction of sp³-hybridized carbons (Fsp3) is 0.333. The third kappa shape index (κ3) is 5.73. The molecule has 1 N–H and O–H groups in total. The summed E-state index contributed by atoms with van der Waals surface area (Å²) in [4.78, 5) is 26.8. The van der Waals surface area contributed by atoms with Crippen LogP contribution in [0.25, 0.3) is 0 Å². The van der Waals surface area contributed by atoms with Crippen LogP contribution in [-0.2, 0) is 16.1 Å². The number of hydrogen-bond donors (Lipinski definition) is 1. The number of aryl methyl sites for hydroxylation is 1. The van der Waals surface area contributed by atoms with E-state index in [9.17, 15) is 9.59 Å². The molecule has 0 spiro atoms. The highest BCUT2D eigenvalue weighted by Gasteiger charge is 2.28. The van der Waals surface area contributed by atoms with Gasteiger partial charge in [0, 0.05) is 18.6 Å². The predicted octanol–water partition coefficient (Wildman–Crippen LogP) is 3.58. The van der Waals surface area contributed by atoms with Gasteiger partial charge in [0.1, 0.15) is 11.8 Å². The molecule has 2 aromatic carbocycles. The summed E-state index contributed by atoms with van der Waals surface area (Å²) in [6.45, 7) is 3.97. The summed E-state index contributed by atoms with van der Waals surface area (Å²) in [6, 6.07) is 14.2. The van der Waals surface area contributed by atoms with Gasteiger partial charge in [0.05, 0.1) is 0 Å². The van der Waals surface area contributed by atoms with Crippen molar-refractivity contribution in [2.24, 2.45) is 0 Å². The Kier molecular flexibility index (Phi) is 7.67. The van der Waals surface area contributed by atoms with E-state index in [2.05, 4.69) is 5.32 Å². The topological polar surface area (TPSA) is 58.6 Å². The van der Waals surface area contributed by atoms with Crippen LogP contribution in [0.4, 0.5) is 0 Å². The van der Waals surface area contributed by atoms with Gasteiger partial charge in [0.15, 0.2) is 6.61 Å². The third-order valence-electron chi connectivity index (χ3n) is 4.34. The first kappa shape index (κ1) is 20.8. The summed E-state index contributed by atoms with van der Waals surface area (Å²) in [5, 5.41) is 3.26. The standard InChI is InChI=1S/C21H25ClN2O3/c1-4-18(21(26)23-3)24(13-16-9-11-17(22)12-10-16)20(25)14-27-19-8-6-5-7-15(19)2/h5-12,18H,4,13-14H2,1-3H3,(H,23,26)/t18-/m1/s1. The first-order chi connectivity index (χ1) is 13.0. The zero-order valence-corrected chi connectivity index (χ0v) is 16.6. The van der Waals surface area contributed by atoms with Crippen LogP contribution in [0.2, 0.25) is 5.02 Å². The Morgan fingerprint density at radius 1 is 1.15 bits per heavy atom. The van der Waals surface area contributed by atoms with Gasteiger partial charge in [-0.15, -0.1) is 0 Å². The first-order valence-electron chi connectivity index (χ1n) is 8.90. The van der Waals surface area contributed by atoms with Gasteiger partial charge in [-0.25, -0.2) is 0 Å². The number of amides is 2. The largest absolute Gasteiger partial charge is 0.484 e. The van der Waals surface area contributed by atoms with E-state index in [0.29, 0.717) is 23.7 Å². The Morgan fingerprint density at radius 3 is 2.41 bits per heavy atom. The molecule has 27 heavy (non-hydrogen) atoms. The molecule has 0 radical (unpaired) electrons. The molecule has 0 aromatic heterocycles. The summed E-state index contributed by atoms with van der Waals surface area (Å²) in [5.41, 5.74) is 1.85. The Hall–Kier alpha value is -2.53. The molecule has 0 aliphatic heterocycles. The van der Waals surface area contributed by atoms with Crippen LogP contribution in [0.3, 0.4) is 0 Å². The molecule has 5 nitrogen and oxygen atoms in total. The fourth-order valence-corrected chi connectivity index (χ4v) is 2.94. The van der Waals surface area contributed by atoms with Gasteiger partial charge in [-0.05, 0) is 42.7 Å². The molecule has 0 aliphatic carbocycles. The molecule has 0 saturated carbocycles. The average molecular weight is 389 g/mol. The number of rotatable bonds is 8. The number of nitrogens with zero attached hydrogens (tertiary/aromatic N) is 1. The van der Waals surface area contributed by atoms with Crippen molar-refractivity contribution in [3.05, 3.63) is 64.7 Å². The third-order valence-corrected chi connectivity index (χ3v) is 4.60. The van der Waals surface area contributed by atoms with Gasteiger partial charge in [-0.1, -0.05) is 48.9 Å². The molecular formula is C21H25ClN2O3. The lowest BCUT2D eigenvalue weighted by Gasteiger charge is -2.30. The molecule has 144 valence electrons. The van der Waals surface area contributed by atoms with Crippen LogP contribution >= 0.6 is 11.6 Å². The Balaban J connectivity index is 2.19. The molecular weight excluding hydrogens is 364 g/mol. The monoisotopic (exact) mass is 388 g/mol. The van der Waals surface area contributed by atoms with E-state index in [-0.39, 0.29) is 18.4 Å². The van der Waals surface area contributed by atoms with Crippen molar-refractivity contribution in [1.29, 1.82) is 0 Å². The van der Waals surface area contributed by atoms with E-state index in [4.69, 9.17) is 16.3 Å². The highest BCUT2D eigenvalue weighted by molar-refractivity contribution is 6.30. The van der Waals surface area contributed by atoms with Crippen LogP contribution in [0.1, 0.15) is 24.5 Å². The Bertz CT molecular complexity index is 777. The molecule has 2 rings (SSSR count). The highest BCUT2D eigenvalue weighted by Crippen LogP contribution is 2.18. The number of carbonyl (C=O) groups is 2. The number of hydrogen-bond acceptors (Lipinski definition) is 3. The number of halogens is 1. The maximum Gasteiger partial charge on any atom is 0.261 e. The zero-order chi connectivity index (χ0) is 19.8. The molecule has 1 atom stereocenters. The van der Waals surface area contributed by atoms with Crippen LogP contribution in [0.15, 0.2) is 48.5 Å². The SMILES string of the molecule is CC[C@H](C(=O)NC)N(Cc1ccc(Cl)cc1)C(=O)COc1ccccc1C. The second kappa shape index (κ2) is 9.97. The van der Waals surface area contributed by atoms with E-state index in [1.54, 1.807) is 24.1 Å². The molecule has 0 unspecified atom stereocenters. The summed E-state index contributed by atoms with van der Waals surface area (Å²) >= 11 is 5.94. The smallest absolute Gasteiger partial charge is 0.261 e. The number of para-hydroxylation sites is 1. The van der Waals surface area contributed by atoms with Crippen molar-refractivity contribution in [3.63, 3.8) is 0 Å². The second-order valence-corrected chi connectivity index (χ2v) is 6.68. The van der Waals surface area contributed by atoms with Crippen molar-refractivity contribution >= 4 is 23.4 Å². The molecule has 0 bridgehead atoms. The summed E-state index contributed by atoms with van der Waals surface area (Å²) < 4.78 is 5.70. The van der Waals surface area contributed by atoms with E-state index in [0.717, 1.165) is 11.1 Å². The fourth-order valence-electron chi connectivity index (χ4n) is 2.81. The predicted molar refractivity (Wildman–Crippen MR) is 107 cm³/mol. The molecule has 6 heteroatoms. The van der Waals surface area contributed by atoms with E-state index in [1.807, 2.05) is 50.2 Å². The first-order valence-corrected chi connectivity index (χ1v) is 9.28. The van der Waals surface area contributed by atoms with Gasteiger partial charge < -0.3 is 15.0 Å². The lowest BCUT2D eigenvalue weighted by atomic mass is 10.1. The molecule has 0 fully saturated rings. The lowest BCUT2D eigenvalue weighted by Crippen LogP contribution is -2.49.